The largest absolute Gasteiger partial charge is 0.399 e. The minimum Gasteiger partial charge on any atom is -0.399 e. The first-order valence-corrected chi connectivity index (χ1v) is 8.85. The molecule has 1 aromatic carbocycles. The molecule has 112 valence electrons. The summed E-state index contributed by atoms with van der Waals surface area (Å²) in [5.41, 5.74) is 4.98. The summed E-state index contributed by atoms with van der Waals surface area (Å²) in [6, 6.07) is 1.41. The molecule has 1 fully saturated rings. The van der Waals surface area contributed by atoms with Crippen LogP contribution >= 0.6 is 0 Å². The molecule has 0 aliphatic carbocycles. The second kappa shape index (κ2) is 4.93. The molecule has 2 N–H and O–H groups in total. The van der Waals surface area contributed by atoms with E-state index < -0.39 is 36.4 Å². The van der Waals surface area contributed by atoms with Crippen molar-refractivity contribution < 1.29 is 25.6 Å². The Morgan fingerprint density at radius 3 is 2.00 bits per heavy atom. The zero-order chi connectivity index (χ0) is 15.1. The van der Waals surface area contributed by atoms with Crippen LogP contribution in [-0.4, -0.2) is 45.7 Å². The van der Waals surface area contributed by atoms with Gasteiger partial charge in [0.05, 0.1) is 11.5 Å². The van der Waals surface area contributed by atoms with E-state index in [1.807, 2.05) is 0 Å². The van der Waals surface area contributed by atoms with Crippen molar-refractivity contribution in [3.63, 3.8) is 0 Å². The van der Waals surface area contributed by atoms with E-state index in [-0.39, 0.29) is 30.3 Å². The third kappa shape index (κ3) is 2.76. The molecule has 1 aliphatic rings. The summed E-state index contributed by atoms with van der Waals surface area (Å²) in [6.45, 7) is -0.651. The maximum Gasteiger partial charge on any atom is 0.248 e. The number of rotatable bonds is 2. The smallest absolute Gasteiger partial charge is 0.248 e. The van der Waals surface area contributed by atoms with Crippen LogP contribution in [0.15, 0.2) is 17.0 Å². The van der Waals surface area contributed by atoms with Gasteiger partial charge in [-0.15, -0.1) is 0 Å². The highest BCUT2D eigenvalue weighted by atomic mass is 32.2. The van der Waals surface area contributed by atoms with Crippen molar-refractivity contribution in [3.05, 3.63) is 23.8 Å². The molecule has 0 radical (unpaired) electrons. The van der Waals surface area contributed by atoms with Crippen molar-refractivity contribution in [2.24, 2.45) is 0 Å². The molecule has 6 nitrogen and oxygen atoms in total. The fourth-order valence-corrected chi connectivity index (χ4v) is 4.86. The van der Waals surface area contributed by atoms with E-state index in [1.54, 1.807) is 0 Å². The Hall–Kier alpha value is -1.26. The van der Waals surface area contributed by atoms with Crippen molar-refractivity contribution in [1.29, 1.82) is 0 Å². The van der Waals surface area contributed by atoms with Crippen LogP contribution in [-0.2, 0) is 19.9 Å². The van der Waals surface area contributed by atoms with Gasteiger partial charge in [0.1, 0.15) is 11.6 Å². The van der Waals surface area contributed by atoms with Crippen molar-refractivity contribution in [3.8, 4) is 0 Å². The summed E-state index contributed by atoms with van der Waals surface area (Å²) in [7, 11) is -7.73. The molecule has 0 atom stereocenters. The molecular weight excluding hydrogens is 314 g/mol. The quantitative estimate of drug-likeness (QED) is 0.770. The van der Waals surface area contributed by atoms with E-state index >= 15 is 0 Å². The Morgan fingerprint density at radius 2 is 1.55 bits per heavy atom. The zero-order valence-electron chi connectivity index (χ0n) is 10.2. The van der Waals surface area contributed by atoms with E-state index in [2.05, 4.69) is 0 Å². The lowest BCUT2D eigenvalue weighted by Crippen LogP contribution is -2.44. The number of sulfonamides is 1. The molecule has 1 aromatic rings. The van der Waals surface area contributed by atoms with Crippen LogP contribution in [0.25, 0.3) is 0 Å². The number of anilines is 1. The van der Waals surface area contributed by atoms with Gasteiger partial charge in [-0.1, -0.05) is 0 Å². The number of nitrogen functional groups attached to an aromatic ring is 1. The van der Waals surface area contributed by atoms with E-state index in [0.29, 0.717) is 12.1 Å². The molecule has 20 heavy (non-hydrogen) atoms. The molecule has 0 saturated carbocycles. The highest BCUT2D eigenvalue weighted by Gasteiger charge is 2.35. The summed E-state index contributed by atoms with van der Waals surface area (Å²) in [5, 5.41) is 0. The van der Waals surface area contributed by atoms with Gasteiger partial charge in [-0.3, -0.25) is 0 Å². The zero-order valence-corrected chi connectivity index (χ0v) is 11.8. The van der Waals surface area contributed by atoms with Crippen LogP contribution in [0.1, 0.15) is 0 Å². The second-order valence-electron chi connectivity index (χ2n) is 4.37. The molecule has 2 rings (SSSR count). The van der Waals surface area contributed by atoms with Crippen molar-refractivity contribution in [1.82, 2.24) is 4.31 Å². The Kier molecular flexibility index (Phi) is 3.73. The van der Waals surface area contributed by atoms with Gasteiger partial charge in [0.2, 0.25) is 10.0 Å². The van der Waals surface area contributed by atoms with Crippen LogP contribution < -0.4 is 5.73 Å². The van der Waals surface area contributed by atoms with Crippen LogP contribution in [0, 0.1) is 11.6 Å². The van der Waals surface area contributed by atoms with E-state index in [1.165, 1.54) is 0 Å². The van der Waals surface area contributed by atoms with Crippen molar-refractivity contribution in [2.45, 2.75) is 4.90 Å². The van der Waals surface area contributed by atoms with Crippen LogP contribution in [0.2, 0.25) is 0 Å². The lowest BCUT2D eigenvalue weighted by Gasteiger charge is -2.26. The molecule has 0 spiro atoms. The SMILES string of the molecule is Nc1cc(F)c(S(=O)(=O)N2CCS(=O)(=O)CC2)c(F)c1. The molecular formula is C10H12F2N2O4S2. The molecule has 0 aromatic heterocycles. The Bertz CT molecular complexity index is 710. The predicted molar refractivity (Wildman–Crippen MR) is 68.2 cm³/mol. The first kappa shape index (κ1) is 15.1. The minimum absolute atomic E-state index is 0.236. The number of halogens is 2. The first-order valence-electron chi connectivity index (χ1n) is 5.58. The van der Waals surface area contributed by atoms with Gasteiger partial charge in [-0.2, -0.15) is 4.31 Å². The van der Waals surface area contributed by atoms with Gasteiger partial charge >= 0.3 is 0 Å². The third-order valence-electron chi connectivity index (χ3n) is 2.92. The predicted octanol–water partition coefficient (Wildman–Crippen LogP) is -0.0339. The lowest BCUT2D eigenvalue weighted by molar-refractivity contribution is 0.420. The van der Waals surface area contributed by atoms with Crippen LogP contribution in [0.4, 0.5) is 14.5 Å². The summed E-state index contributed by atoms with van der Waals surface area (Å²) in [6.07, 6.45) is 0. The topological polar surface area (TPSA) is 97.5 Å². The Morgan fingerprint density at radius 1 is 1.10 bits per heavy atom. The summed E-state index contributed by atoms with van der Waals surface area (Å²) in [5.74, 6) is -3.33. The van der Waals surface area contributed by atoms with Gasteiger partial charge in [0.25, 0.3) is 0 Å². The summed E-state index contributed by atoms with van der Waals surface area (Å²) >= 11 is 0. The summed E-state index contributed by atoms with van der Waals surface area (Å²) in [4.78, 5) is -1.11. The Labute approximate surface area is 115 Å². The van der Waals surface area contributed by atoms with Crippen molar-refractivity contribution >= 4 is 25.5 Å². The summed E-state index contributed by atoms with van der Waals surface area (Å²) < 4.78 is 74.9. The monoisotopic (exact) mass is 326 g/mol. The molecule has 1 aliphatic heterocycles. The third-order valence-corrected chi connectivity index (χ3v) is 6.48. The standard InChI is InChI=1S/C10H12F2N2O4S2/c11-8-5-7(13)6-9(12)10(8)20(17,18)14-1-3-19(15,16)4-2-14/h5-6H,1-4,13H2. The van der Waals surface area contributed by atoms with E-state index in [4.69, 9.17) is 5.73 Å². The molecule has 1 saturated heterocycles. The van der Waals surface area contributed by atoms with Crippen LogP contribution in [0.5, 0.6) is 0 Å². The lowest BCUT2D eigenvalue weighted by atomic mass is 10.3. The van der Waals surface area contributed by atoms with Crippen LogP contribution in [0.3, 0.4) is 0 Å². The van der Waals surface area contributed by atoms with E-state index in [0.717, 1.165) is 4.31 Å². The van der Waals surface area contributed by atoms with Crippen molar-refractivity contribution in [2.75, 3.05) is 30.3 Å². The van der Waals surface area contributed by atoms with Gasteiger partial charge < -0.3 is 5.73 Å². The van der Waals surface area contributed by atoms with E-state index in [9.17, 15) is 25.6 Å². The average Bonchev–Trinajstić information content (AvgIpc) is 2.26. The fraction of sp³-hybridized carbons (Fsp3) is 0.400. The second-order valence-corrected chi connectivity index (χ2v) is 8.55. The maximum absolute atomic E-state index is 13.7. The normalized spacial score (nSPS) is 19.9. The van der Waals surface area contributed by atoms with Gasteiger partial charge in [0.15, 0.2) is 14.7 Å². The molecule has 1 heterocycles. The number of benzene rings is 1. The average molecular weight is 326 g/mol. The molecule has 0 unspecified atom stereocenters. The molecule has 0 bridgehead atoms. The molecule has 10 heteroatoms. The number of hydrogen-bond acceptors (Lipinski definition) is 5. The van der Waals surface area contributed by atoms with Gasteiger partial charge in [-0.25, -0.2) is 25.6 Å². The maximum atomic E-state index is 13.7. The Balaban J connectivity index is 2.42. The highest BCUT2D eigenvalue weighted by molar-refractivity contribution is 7.92. The fourth-order valence-electron chi connectivity index (χ4n) is 1.89. The highest BCUT2D eigenvalue weighted by Crippen LogP contribution is 2.26. The number of hydrogen-bond donors (Lipinski definition) is 1. The minimum atomic E-state index is -4.43. The number of nitrogens with zero attached hydrogens (tertiary/aromatic N) is 1. The van der Waals surface area contributed by atoms with Gasteiger partial charge in [0, 0.05) is 18.8 Å². The van der Waals surface area contributed by atoms with Gasteiger partial charge in [-0.05, 0) is 12.1 Å². The number of sulfone groups is 1. The molecule has 0 amide bonds. The first-order chi connectivity index (χ1) is 9.13. The number of nitrogens with two attached hydrogens (primary N) is 1.